The van der Waals surface area contributed by atoms with Crippen LogP contribution in [0.2, 0.25) is 0 Å². The molecule has 0 radical (unpaired) electrons. The second-order valence-corrected chi connectivity index (χ2v) is 4.53. The number of hydrogen-bond acceptors (Lipinski definition) is 3. The van der Waals surface area contributed by atoms with Gasteiger partial charge in [-0.05, 0) is 38.6 Å². The number of nitrogens with zero attached hydrogens (tertiary/aromatic N) is 1. The van der Waals surface area contributed by atoms with E-state index < -0.39 is 0 Å². The van der Waals surface area contributed by atoms with E-state index in [0.29, 0.717) is 19.5 Å². The zero-order chi connectivity index (χ0) is 11.3. The average molecular weight is 251 g/mol. The third kappa shape index (κ3) is 7.04. The quantitative estimate of drug-likeness (QED) is 0.697. The van der Waals surface area contributed by atoms with Crippen LogP contribution in [0.4, 0.5) is 0 Å². The molecule has 16 heavy (non-hydrogen) atoms. The van der Waals surface area contributed by atoms with Crippen molar-refractivity contribution in [2.24, 2.45) is 5.92 Å². The van der Waals surface area contributed by atoms with E-state index in [-0.39, 0.29) is 24.4 Å². The number of hydrogen-bond donors (Lipinski definition) is 2. The summed E-state index contributed by atoms with van der Waals surface area (Å²) in [6, 6.07) is 0. The molecule has 5 heteroatoms. The summed E-state index contributed by atoms with van der Waals surface area (Å²) >= 11 is 0. The van der Waals surface area contributed by atoms with Gasteiger partial charge in [-0.25, -0.2) is 0 Å². The third-order valence-corrected chi connectivity index (χ3v) is 2.71. The Morgan fingerprint density at radius 2 is 2.19 bits per heavy atom. The second kappa shape index (κ2) is 7.87. The summed E-state index contributed by atoms with van der Waals surface area (Å²) in [7, 11) is 1.78. The molecule has 0 aliphatic heterocycles. The van der Waals surface area contributed by atoms with E-state index >= 15 is 0 Å². The molecule has 1 saturated carbocycles. The predicted molar refractivity (Wildman–Crippen MR) is 66.8 cm³/mol. The smallest absolute Gasteiger partial charge is 0.236 e. The number of nitrogens with one attached hydrogen (secondary N) is 1. The highest BCUT2D eigenvalue weighted by Crippen LogP contribution is 2.27. The van der Waals surface area contributed by atoms with Crippen molar-refractivity contribution in [3.8, 4) is 0 Å². The van der Waals surface area contributed by atoms with Crippen LogP contribution in [0, 0.1) is 5.92 Å². The first-order valence-corrected chi connectivity index (χ1v) is 5.72. The molecule has 0 aromatic carbocycles. The minimum Gasteiger partial charge on any atom is -0.393 e. The maximum absolute atomic E-state index is 11.5. The number of likely N-dealkylation sites (N-methyl/N-ethyl adjacent to an activating group) is 1. The van der Waals surface area contributed by atoms with Crippen LogP contribution in [0.25, 0.3) is 0 Å². The first-order valence-electron chi connectivity index (χ1n) is 5.72. The Hall–Kier alpha value is -0.320. The molecule has 0 bridgehead atoms. The van der Waals surface area contributed by atoms with Crippen molar-refractivity contribution in [2.75, 3.05) is 26.7 Å². The Labute approximate surface area is 104 Å². The lowest BCUT2D eigenvalue weighted by atomic mass is 10.3. The summed E-state index contributed by atoms with van der Waals surface area (Å²) in [4.78, 5) is 13.2. The van der Waals surface area contributed by atoms with Gasteiger partial charge in [0.25, 0.3) is 0 Å². The van der Waals surface area contributed by atoms with E-state index in [1.807, 2.05) is 0 Å². The number of rotatable bonds is 7. The van der Waals surface area contributed by atoms with Gasteiger partial charge < -0.3 is 15.3 Å². The number of amides is 1. The van der Waals surface area contributed by atoms with Crippen molar-refractivity contribution < 1.29 is 9.90 Å². The van der Waals surface area contributed by atoms with E-state index in [1.54, 1.807) is 18.9 Å². The second-order valence-electron chi connectivity index (χ2n) is 4.53. The van der Waals surface area contributed by atoms with Crippen LogP contribution in [0.1, 0.15) is 26.2 Å². The number of carbonyl (C=O) groups excluding carboxylic acids is 1. The van der Waals surface area contributed by atoms with Crippen LogP contribution in [0.3, 0.4) is 0 Å². The normalized spacial score (nSPS) is 16.4. The number of aliphatic hydroxyl groups is 1. The first-order chi connectivity index (χ1) is 7.09. The summed E-state index contributed by atoms with van der Waals surface area (Å²) in [6.45, 7) is 3.76. The summed E-state index contributed by atoms with van der Waals surface area (Å²) < 4.78 is 0. The van der Waals surface area contributed by atoms with Crippen LogP contribution < -0.4 is 5.32 Å². The van der Waals surface area contributed by atoms with Gasteiger partial charge in [0.05, 0.1) is 12.6 Å². The van der Waals surface area contributed by atoms with Gasteiger partial charge in [0.2, 0.25) is 5.91 Å². The van der Waals surface area contributed by atoms with Gasteiger partial charge in [-0.2, -0.15) is 0 Å². The van der Waals surface area contributed by atoms with Gasteiger partial charge in [-0.1, -0.05) is 0 Å². The topological polar surface area (TPSA) is 52.6 Å². The Balaban J connectivity index is 0.00000225. The van der Waals surface area contributed by atoms with Gasteiger partial charge in [0, 0.05) is 13.6 Å². The molecule has 1 unspecified atom stereocenters. The van der Waals surface area contributed by atoms with E-state index in [0.717, 1.165) is 12.5 Å². The highest BCUT2D eigenvalue weighted by Gasteiger charge is 2.20. The molecule has 0 saturated heterocycles. The monoisotopic (exact) mass is 250 g/mol. The average Bonchev–Trinajstić information content (AvgIpc) is 2.97. The van der Waals surface area contributed by atoms with Crippen LogP contribution in [-0.4, -0.2) is 48.7 Å². The molecule has 1 aliphatic carbocycles. The molecular formula is C11H23ClN2O2. The third-order valence-electron chi connectivity index (χ3n) is 2.71. The van der Waals surface area contributed by atoms with Crippen molar-refractivity contribution in [1.82, 2.24) is 10.2 Å². The van der Waals surface area contributed by atoms with E-state index in [9.17, 15) is 4.79 Å². The standard InChI is InChI=1S/C11H22N2O2.ClH/c1-9(14)5-6-13(2)11(15)8-12-7-10-3-4-10;/h9-10,12,14H,3-8H2,1-2H3;1H. The number of carbonyl (C=O) groups is 1. The lowest BCUT2D eigenvalue weighted by molar-refractivity contribution is -0.129. The lowest BCUT2D eigenvalue weighted by Gasteiger charge is -2.18. The zero-order valence-corrected chi connectivity index (χ0v) is 10.9. The molecule has 1 amide bonds. The van der Waals surface area contributed by atoms with E-state index in [2.05, 4.69) is 5.32 Å². The molecule has 4 nitrogen and oxygen atoms in total. The van der Waals surface area contributed by atoms with Crippen molar-refractivity contribution in [3.63, 3.8) is 0 Å². The number of aliphatic hydroxyl groups excluding tert-OH is 1. The molecule has 0 heterocycles. The maximum Gasteiger partial charge on any atom is 0.236 e. The first kappa shape index (κ1) is 15.7. The molecule has 2 N–H and O–H groups in total. The summed E-state index contributed by atoms with van der Waals surface area (Å²) in [6.07, 6.45) is 2.92. The summed E-state index contributed by atoms with van der Waals surface area (Å²) in [5.74, 6) is 0.914. The van der Waals surface area contributed by atoms with Crippen molar-refractivity contribution >= 4 is 18.3 Å². The highest BCUT2D eigenvalue weighted by molar-refractivity contribution is 5.85. The molecule has 0 aromatic rings. The minimum absolute atomic E-state index is 0. The maximum atomic E-state index is 11.5. The molecule has 1 aliphatic rings. The number of halogens is 1. The Morgan fingerprint density at radius 1 is 1.56 bits per heavy atom. The predicted octanol–water partition coefficient (Wildman–Crippen LogP) is 0.637. The Morgan fingerprint density at radius 3 is 2.69 bits per heavy atom. The molecule has 1 rings (SSSR count). The Kier molecular flexibility index (Phi) is 7.72. The summed E-state index contributed by atoms with van der Waals surface area (Å²) in [5, 5.41) is 12.2. The summed E-state index contributed by atoms with van der Waals surface area (Å²) in [5.41, 5.74) is 0. The lowest BCUT2D eigenvalue weighted by Crippen LogP contribution is -2.37. The van der Waals surface area contributed by atoms with Gasteiger partial charge in [-0.15, -0.1) is 12.4 Å². The molecular weight excluding hydrogens is 228 g/mol. The van der Waals surface area contributed by atoms with E-state index in [1.165, 1.54) is 12.8 Å². The zero-order valence-electron chi connectivity index (χ0n) is 10.1. The van der Waals surface area contributed by atoms with Gasteiger partial charge in [0.15, 0.2) is 0 Å². The van der Waals surface area contributed by atoms with Gasteiger partial charge in [0.1, 0.15) is 0 Å². The van der Waals surface area contributed by atoms with Crippen LogP contribution in [0.15, 0.2) is 0 Å². The van der Waals surface area contributed by atoms with Crippen molar-refractivity contribution in [3.05, 3.63) is 0 Å². The van der Waals surface area contributed by atoms with Gasteiger partial charge >= 0.3 is 0 Å². The largest absolute Gasteiger partial charge is 0.393 e. The fourth-order valence-corrected chi connectivity index (χ4v) is 1.35. The van der Waals surface area contributed by atoms with E-state index in [4.69, 9.17) is 5.11 Å². The van der Waals surface area contributed by atoms with Crippen LogP contribution in [0.5, 0.6) is 0 Å². The van der Waals surface area contributed by atoms with Gasteiger partial charge in [-0.3, -0.25) is 4.79 Å². The Bertz CT molecular complexity index is 208. The highest BCUT2D eigenvalue weighted by atomic mass is 35.5. The fraction of sp³-hybridized carbons (Fsp3) is 0.909. The molecule has 1 fully saturated rings. The molecule has 0 aromatic heterocycles. The molecule has 96 valence electrons. The van der Waals surface area contributed by atoms with Crippen LogP contribution in [-0.2, 0) is 4.79 Å². The van der Waals surface area contributed by atoms with Crippen molar-refractivity contribution in [1.29, 1.82) is 0 Å². The van der Waals surface area contributed by atoms with Crippen LogP contribution >= 0.6 is 12.4 Å². The molecule has 1 atom stereocenters. The minimum atomic E-state index is -0.334. The molecule has 0 spiro atoms. The fourth-order valence-electron chi connectivity index (χ4n) is 1.35. The van der Waals surface area contributed by atoms with Crippen molar-refractivity contribution in [2.45, 2.75) is 32.3 Å². The SMILES string of the molecule is CC(O)CCN(C)C(=O)CNCC1CC1.Cl.